The van der Waals surface area contributed by atoms with Gasteiger partial charge in [-0.1, -0.05) is 18.2 Å². The van der Waals surface area contributed by atoms with Gasteiger partial charge in [-0.15, -0.1) is 11.3 Å². The lowest BCUT2D eigenvalue weighted by molar-refractivity contribution is -0.0299. The second-order valence-corrected chi connectivity index (χ2v) is 6.05. The number of ether oxygens (including phenoxy) is 2. The first kappa shape index (κ1) is 13.6. The lowest BCUT2D eigenvalue weighted by Gasteiger charge is -2.10. The largest absolute Gasteiger partial charge is 0.365 e. The highest BCUT2D eigenvalue weighted by atomic mass is 32.1. The third-order valence-electron chi connectivity index (χ3n) is 3.44. The molecule has 1 aliphatic heterocycles. The van der Waals surface area contributed by atoms with Crippen molar-refractivity contribution in [2.45, 2.75) is 6.29 Å². The second-order valence-electron chi connectivity index (χ2n) is 4.97. The van der Waals surface area contributed by atoms with Crippen LogP contribution in [0.4, 0.5) is 5.82 Å². The zero-order chi connectivity index (χ0) is 14.8. The minimum atomic E-state index is -0.192. The predicted molar refractivity (Wildman–Crippen MR) is 87.0 cm³/mol. The van der Waals surface area contributed by atoms with Crippen molar-refractivity contribution in [2.24, 2.45) is 0 Å². The molecule has 1 aliphatic rings. The Balaban J connectivity index is 1.55. The number of hydrogen-bond donors (Lipinski definition) is 1. The molecule has 22 heavy (non-hydrogen) atoms. The van der Waals surface area contributed by atoms with E-state index in [-0.39, 0.29) is 6.29 Å². The van der Waals surface area contributed by atoms with Crippen LogP contribution in [0.5, 0.6) is 0 Å². The van der Waals surface area contributed by atoms with E-state index in [1.807, 2.05) is 18.2 Å². The molecule has 1 saturated heterocycles. The molecule has 112 valence electrons. The quantitative estimate of drug-likeness (QED) is 0.802. The van der Waals surface area contributed by atoms with Gasteiger partial charge in [0.05, 0.1) is 24.6 Å². The molecular formula is C16H15N3O2S. The summed E-state index contributed by atoms with van der Waals surface area (Å²) < 4.78 is 12.0. The van der Waals surface area contributed by atoms with Crippen LogP contribution in [-0.4, -0.2) is 36.0 Å². The lowest BCUT2D eigenvalue weighted by atomic mass is 10.2. The molecular weight excluding hydrogens is 298 g/mol. The third kappa shape index (κ3) is 2.81. The Morgan fingerprint density at radius 3 is 2.91 bits per heavy atom. The van der Waals surface area contributed by atoms with Crippen LogP contribution in [0.1, 0.15) is 0 Å². The Bertz CT molecular complexity index is 751. The van der Waals surface area contributed by atoms with Crippen LogP contribution in [0.2, 0.25) is 0 Å². The van der Waals surface area contributed by atoms with Gasteiger partial charge in [0.15, 0.2) is 12.1 Å². The molecule has 6 heteroatoms. The summed E-state index contributed by atoms with van der Waals surface area (Å²) in [5, 5.41) is 4.45. The van der Waals surface area contributed by atoms with Gasteiger partial charge < -0.3 is 14.8 Å². The normalized spacial score (nSPS) is 15.5. The van der Waals surface area contributed by atoms with E-state index in [1.165, 1.54) is 10.1 Å². The van der Waals surface area contributed by atoms with Crippen LogP contribution in [0.3, 0.4) is 0 Å². The van der Waals surface area contributed by atoms with Gasteiger partial charge in [-0.05, 0) is 23.6 Å². The highest BCUT2D eigenvalue weighted by Gasteiger charge is 2.15. The number of nitrogens with zero attached hydrogens (tertiary/aromatic N) is 2. The summed E-state index contributed by atoms with van der Waals surface area (Å²) in [6, 6.07) is 12.3. The smallest absolute Gasteiger partial charge is 0.174 e. The van der Waals surface area contributed by atoms with Crippen LogP contribution in [0, 0.1) is 0 Å². The van der Waals surface area contributed by atoms with E-state index in [1.54, 1.807) is 17.5 Å². The first-order chi connectivity index (χ1) is 10.9. The molecule has 0 bridgehead atoms. The summed E-state index contributed by atoms with van der Waals surface area (Å²) in [4.78, 5) is 10.0. The van der Waals surface area contributed by atoms with E-state index >= 15 is 0 Å². The number of fused-ring (bicyclic) bond motifs is 1. The number of benzene rings is 1. The number of hydrogen-bond acceptors (Lipinski definition) is 6. The van der Waals surface area contributed by atoms with Gasteiger partial charge >= 0.3 is 0 Å². The van der Waals surface area contributed by atoms with E-state index in [0.29, 0.717) is 19.8 Å². The van der Waals surface area contributed by atoms with Crippen molar-refractivity contribution < 1.29 is 9.47 Å². The van der Waals surface area contributed by atoms with Crippen molar-refractivity contribution >= 4 is 27.2 Å². The fraction of sp³-hybridized carbons (Fsp3) is 0.250. The Morgan fingerprint density at radius 2 is 2.05 bits per heavy atom. The molecule has 3 aromatic rings. The van der Waals surface area contributed by atoms with Gasteiger partial charge in [0.1, 0.15) is 5.82 Å². The van der Waals surface area contributed by atoms with Crippen LogP contribution >= 0.6 is 11.3 Å². The molecule has 0 atom stereocenters. The summed E-state index contributed by atoms with van der Waals surface area (Å²) in [5.41, 5.74) is 0. The summed E-state index contributed by atoms with van der Waals surface area (Å²) in [6.45, 7) is 1.90. The van der Waals surface area contributed by atoms with Crippen LogP contribution in [0.15, 0.2) is 42.6 Å². The Hall–Kier alpha value is -2.02. The van der Waals surface area contributed by atoms with Crippen molar-refractivity contribution in [3.63, 3.8) is 0 Å². The molecule has 0 saturated carbocycles. The van der Waals surface area contributed by atoms with E-state index in [4.69, 9.17) is 9.47 Å². The highest BCUT2D eigenvalue weighted by Crippen LogP contribution is 2.31. The average molecular weight is 313 g/mol. The van der Waals surface area contributed by atoms with Crippen molar-refractivity contribution in [3.05, 3.63) is 42.6 Å². The maximum Gasteiger partial charge on any atom is 0.174 e. The van der Waals surface area contributed by atoms with Crippen LogP contribution < -0.4 is 5.32 Å². The summed E-state index contributed by atoms with van der Waals surface area (Å²) in [7, 11) is 0. The van der Waals surface area contributed by atoms with Crippen LogP contribution in [-0.2, 0) is 9.47 Å². The van der Waals surface area contributed by atoms with Gasteiger partial charge in [-0.3, -0.25) is 0 Å². The summed E-state index contributed by atoms with van der Waals surface area (Å²) in [6.07, 6.45) is 1.58. The van der Waals surface area contributed by atoms with Crippen molar-refractivity contribution in [2.75, 3.05) is 25.1 Å². The van der Waals surface area contributed by atoms with Crippen molar-refractivity contribution in [1.29, 1.82) is 0 Å². The van der Waals surface area contributed by atoms with Crippen molar-refractivity contribution in [3.8, 4) is 10.7 Å². The maximum absolute atomic E-state index is 5.40. The molecule has 0 radical (unpaired) electrons. The standard InChI is InChI=1S/C16H15N3O2S/c1-2-4-12-11(3-1)9-13(22-12)16-17-6-5-14(19-16)18-10-15-20-7-8-21-15/h1-6,9,15H,7-8,10H2,(H,17,18,19). The van der Waals surface area contributed by atoms with E-state index < -0.39 is 0 Å². The van der Waals surface area contributed by atoms with Gasteiger partial charge in [0, 0.05) is 10.9 Å². The van der Waals surface area contributed by atoms with E-state index in [9.17, 15) is 0 Å². The predicted octanol–water partition coefficient (Wildman–Crippen LogP) is 3.14. The Kier molecular flexibility index (Phi) is 3.72. The molecule has 0 unspecified atom stereocenters. The fourth-order valence-corrected chi connectivity index (χ4v) is 3.38. The molecule has 0 spiro atoms. The molecule has 1 aromatic carbocycles. The molecule has 1 fully saturated rings. The number of nitrogens with one attached hydrogen (secondary N) is 1. The SMILES string of the molecule is c1ccc2sc(-c3nccc(NCC4OCCO4)n3)cc2c1. The molecule has 1 N–H and O–H groups in total. The number of anilines is 1. The first-order valence-electron chi connectivity index (χ1n) is 7.17. The Labute approximate surface area is 131 Å². The zero-order valence-electron chi connectivity index (χ0n) is 11.9. The molecule has 2 aromatic heterocycles. The number of rotatable bonds is 4. The minimum Gasteiger partial charge on any atom is -0.365 e. The first-order valence-corrected chi connectivity index (χ1v) is 7.99. The molecule has 5 nitrogen and oxygen atoms in total. The molecule has 4 rings (SSSR count). The van der Waals surface area contributed by atoms with E-state index in [0.717, 1.165) is 16.5 Å². The average Bonchev–Trinajstić information content (AvgIpc) is 3.22. The van der Waals surface area contributed by atoms with Crippen LogP contribution in [0.25, 0.3) is 20.8 Å². The third-order valence-corrected chi connectivity index (χ3v) is 4.55. The van der Waals surface area contributed by atoms with Gasteiger partial charge in [0.25, 0.3) is 0 Å². The van der Waals surface area contributed by atoms with E-state index in [2.05, 4.69) is 33.5 Å². The van der Waals surface area contributed by atoms with Crippen molar-refractivity contribution in [1.82, 2.24) is 9.97 Å². The zero-order valence-corrected chi connectivity index (χ0v) is 12.7. The summed E-state index contributed by atoms with van der Waals surface area (Å²) in [5.74, 6) is 1.51. The van der Waals surface area contributed by atoms with Gasteiger partial charge in [-0.25, -0.2) is 9.97 Å². The lowest BCUT2D eigenvalue weighted by Crippen LogP contribution is -2.20. The maximum atomic E-state index is 5.40. The Morgan fingerprint density at radius 1 is 1.18 bits per heavy atom. The number of aromatic nitrogens is 2. The number of thiophene rings is 1. The molecule has 0 amide bonds. The molecule has 0 aliphatic carbocycles. The minimum absolute atomic E-state index is 0.192. The topological polar surface area (TPSA) is 56.3 Å². The van der Waals surface area contributed by atoms with Gasteiger partial charge in [0.2, 0.25) is 0 Å². The summed E-state index contributed by atoms with van der Waals surface area (Å²) >= 11 is 1.70. The fourth-order valence-electron chi connectivity index (χ4n) is 2.38. The molecule has 3 heterocycles. The monoisotopic (exact) mass is 313 g/mol. The highest BCUT2D eigenvalue weighted by molar-refractivity contribution is 7.22. The van der Waals surface area contributed by atoms with Gasteiger partial charge in [-0.2, -0.15) is 0 Å². The second kappa shape index (κ2) is 6.00.